The van der Waals surface area contributed by atoms with Crippen LogP contribution in [0.5, 0.6) is 0 Å². The van der Waals surface area contributed by atoms with E-state index >= 15 is 0 Å². The van der Waals surface area contributed by atoms with Crippen LogP contribution in [0.3, 0.4) is 0 Å². The van der Waals surface area contributed by atoms with Gasteiger partial charge in [0.05, 0.1) is 12.2 Å². The van der Waals surface area contributed by atoms with Crippen LogP contribution in [0.2, 0.25) is 5.15 Å². The molecule has 0 unspecified atom stereocenters. The molecule has 0 aliphatic carbocycles. The van der Waals surface area contributed by atoms with Gasteiger partial charge >= 0.3 is 0 Å². The van der Waals surface area contributed by atoms with Crippen molar-refractivity contribution >= 4 is 17.4 Å². The molecule has 19 heavy (non-hydrogen) atoms. The molecule has 1 aromatic heterocycles. The Kier molecular flexibility index (Phi) is 4.96. The number of anilines is 1. The van der Waals surface area contributed by atoms with Crippen molar-refractivity contribution in [1.29, 1.82) is 0 Å². The van der Waals surface area contributed by atoms with E-state index in [1.54, 1.807) is 0 Å². The molecule has 1 aliphatic rings. The van der Waals surface area contributed by atoms with Crippen molar-refractivity contribution in [2.45, 2.75) is 20.5 Å². The molecule has 1 fully saturated rings. The number of nitrogens with zero attached hydrogens (tertiary/aromatic N) is 4. The van der Waals surface area contributed by atoms with E-state index in [-0.39, 0.29) is 6.61 Å². The summed E-state index contributed by atoms with van der Waals surface area (Å²) in [5.74, 6) is 1.46. The van der Waals surface area contributed by atoms with Crippen molar-refractivity contribution in [1.82, 2.24) is 14.9 Å². The molecule has 0 radical (unpaired) electrons. The molecule has 5 nitrogen and oxygen atoms in total. The van der Waals surface area contributed by atoms with Crippen LogP contribution in [-0.2, 0) is 6.61 Å². The Labute approximate surface area is 119 Å². The number of hydrogen-bond acceptors (Lipinski definition) is 5. The second kappa shape index (κ2) is 6.50. The minimum absolute atomic E-state index is 0.124. The van der Waals surface area contributed by atoms with Gasteiger partial charge in [0.1, 0.15) is 17.3 Å². The van der Waals surface area contributed by atoms with Gasteiger partial charge in [0.2, 0.25) is 0 Å². The lowest BCUT2D eigenvalue weighted by Gasteiger charge is -2.36. The second-order valence-electron chi connectivity index (χ2n) is 5.31. The number of aromatic nitrogens is 2. The number of hydrogen-bond donors (Lipinski definition) is 1. The summed E-state index contributed by atoms with van der Waals surface area (Å²) in [5, 5.41) is 9.74. The fraction of sp³-hybridized carbons (Fsp3) is 0.692. The van der Waals surface area contributed by atoms with Crippen LogP contribution in [0.25, 0.3) is 0 Å². The lowest BCUT2D eigenvalue weighted by molar-refractivity contribution is 0.230. The highest BCUT2D eigenvalue weighted by Crippen LogP contribution is 2.24. The lowest BCUT2D eigenvalue weighted by atomic mass is 10.2. The van der Waals surface area contributed by atoms with E-state index in [9.17, 15) is 5.11 Å². The zero-order valence-electron chi connectivity index (χ0n) is 11.5. The molecular weight excluding hydrogens is 264 g/mol. The maximum absolute atomic E-state index is 9.40. The largest absolute Gasteiger partial charge is 0.391 e. The van der Waals surface area contributed by atoms with Crippen LogP contribution in [0.1, 0.15) is 19.4 Å². The third-order valence-electron chi connectivity index (χ3n) is 3.32. The van der Waals surface area contributed by atoms with E-state index in [1.807, 2.05) is 0 Å². The zero-order chi connectivity index (χ0) is 13.8. The van der Waals surface area contributed by atoms with E-state index in [2.05, 4.69) is 33.6 Å². The molecule has 2 rings (SSSR count). The molecule has 106 valence electrons. The van der Waals surface area contributed by atoms with Crippen LogP contribution in [-0.4, -0.2) is 52.7 Å². The average Bonchev–Trinajstić information content (AvgIpc) is 2.38. The van der Waals surface area contributed by atoms with Gasteiger partial charge in [0, 0.05) is 32.7 Å². The molecule has 0 bridgehead atoms. The SMILES string of the molecule is CC(C)CN1CCN(c2ncnc(Cl)c2CO)CC1. The molecule has 1 aromatic rings. The van der Waals surface area contributed by atoms with Gasteiger partial charge in [-0.25, -0.2) is 9.97 Å². The molecule has 1 aliphatic heterocycles. The number of aliphatic hydroxyl groups is 1. The zero-order valence-corrected chi connectivity index (χ0v) is 12.3. The quantitative estimate of drug-likeness (QED) is 0.847. The number of aliphatic hydroxyl groups excluding tert-OH is 1. The van der Waals surface area contributed by atoms with Crippen molar-refractivity contribution in [3.05, 3.63) is 17.0 Å². The summed E-state index contributed by atoms with van der Waals surface area (Å²) in [6.45, 7) is 9.34. The molecule has 0 amide bonds. The molecule has 1 saturated heterocycles. The van der Waals surface area contributed by atoms with Gasteiger partial charge in [0.15, 0.2) is 0 Å². The first-order valence-corrected chi connectivity index (χ1v) is 7.07. The van der Waals surface area contributed by atoms with Crippen molar-refractivity contribution in [3.8, 4) is 0 Å². The summed E-state index contributed by atoms with van der Waals surface area (Å²) in [5.41, 5.74) is 0.626. The van der Waals surface area contributed by atoms with Crippen LogP contribution in [0.15, 0.2) is 6.33 Å². The van der Waals surface area contributed by atoms with Crippen LogP contribution < -0.4 is 4.90 Å². The maximum atomic E-state index is 9.40. The normalized spacial score (nSPS) is 17.2. The average molecular weight is 285 g/mol. The first kappa shape index (κ1) is 14.5. The standard InChI is InChI=1S/C13H21ClN4O/c1-10(2)7-17-3-5-18(6-4-17)13-11(8-19)12(14)15-9-16-13/h9-10,19H,3-8H2,1-2H3. The van der Waals surface area contributed by atoms with E-state index in [0.29, 0.717) is 16.6 Å². The third kappa shape index (κ3) is 3.55. The van der Waals surface area contributed by atoms with Gasteiger partial charge < -0.3 is 10.0 Å². The van der Waals surface area contributed by atoms with Crippen LogP contribution >= 0.6 is 11.6 Å². The summed E-state index contributed by atoms with van der Waals surface area (Å²) in [4.78, 5) is 12.8. The maximum Gasteiger partial charge on any atom is 0.140 e. The van der Waals surface area contributed by atoms with E-state index in [0.717, 1.165) is 38.5 Å². The molecule has 0 saturated carbocycles. The molecule has 1 N–H and O–H groups in total. The Morgan fingerprint density at radius 1 is 1.26 bits per heavy atom. The van der Waals surface area contributed by atoms with Gasteiger partial charge in [-0.05, 0) is 5.92 Å². The lowest BCUT2D eigenvalue weighted by Crippen LogP contribution is -2.48. The van der Waals surface area contributed by atoms with Gasteiger partial charge in [-0.15, -0.1) is 0 Å². The van der Waals surface area contributed by atoms with Gasteiger partial charge in [-0.3, -0.25) is 4.90 Å². The molecule has 2 heterocycles. The Balaban J connectivity index is 2.03. The van der Waals surface area contributed by atoms with E-state index in [4.69, 9.17) is 11.6 Å². The topological polar surface area (TPSA) is 52.5 Å². The molecule has 0 spiro atoms. The molecular formula is C13H21ClN4O. The summed E-state index contributed by atoms with van der Waals surface area (Å²) < 4.78 is 0. The van der Waals surface area contributed by atoms with Crippen LogP contribution in [0, 0.1) is 5.92 Å². The molecule has 6 heteroatoms. The monoisotopic (exact) mass is 284 g/mol. The smallest absolute Gasteiger partial charge is 0.140 e. The van der Waals surface area contributed by atoms with E-state index in [1.165, 1.54) is 6.33 Å². The van der Waals surface area contributed by atoms with Gasteiger partial charge in [0.25, 0.3) is 0 Å². The second-order valence-corrected chi connectivity index (χ2v) is 5.66. The van der Waals surface area contributed by atoms with Crippen LogP contribution in [0.4, 0.5) is 5.82 Å². The number of halogens is 1. The highest BCUT2D eigenvalue weighted by Gasteiger charge is 2.21. The first-order chi connectivity index (χ1) is 9.11. The fourth-order valence-corrected chi connectivity index (χ4v) is 2.64. The molecule has 0 atom stereocenters. The summed E-state index contributed by atoms with van der Waals surface area (Å²) in [6, 6.07) is 0. The summed E-state index contributed by atoms with van der Waals surface area (Å²) >= 11 is 6.00. The van der Waals surface area contributed by atoms with Crippen molar-refractivity contribution in [2.24, 2.45) is 5.92 Å². The Hall–Kier alpha value is -0.910. The van der Waals surface area contributed by atoms with E-state index < -0.39 is 0 Å². The van der Waals surface area contributed by atoms with Gasteiger partial charge in [-0.1, -0.05) is 25.4 Å². The predicted octanol–water partition coefficient (Wildman–Crippen LogP) is 1.40. The minimum Gasteiger partial charge on any atom is -0.391 e. The van der Waals surface area contributed by atoms with Crippen molar-refractivity contribution < 1.29 is 5.11 Å². The van der Waals surface area contributed by atoms with Crippen molar-refractivity contribution in [3.63, 3.8) is 0 Å². The first-order valence-electron chi connectivity index (χ1n) is 6.69. The summed E-state index contributed by atoms with van der Waals surface area (Å²) in [7, 11) is 0. The molecule has 0 aromatic carbocycles. The number of rotatable bonds is 4. The Bertz CT molecular complexity index is 419. The minimum atomic E-state index is -0.124. The Morgan fingerprint density at radius 3 is 2.53 bits per heavy atom. The third-order valence-corrected chi connectivity index (χ3v) is 3.65. The summed E-state index contributed by atoms with van der Waals surface area (Å²) in [6.07, 6.45) is 1.46. The number of piperazine rings is 1. The van der Waals surface area contributed by atoms with Gasteiger partial charge in [-0.2, -0.15) is 0 Å². The highest BCUT2D eigenvalue weighted by molar-refractivity contribution is 6.30. The predicted molar refractivity (Wildman–Crippen MR) is 76.5 cm³/mol. The highest BCUT2D eigenvalue weighted by atomic mass is 35.5. The Morgan fingerprint density at radius 2 is 1.95 bits per heavy atom. The fourth-order valence-electron chi connectivity index (χ4n) is 2.45. The van der Waals surface area contributed by atoms with Crippen molar-refractivity contribution in [2.75, 3.05) is 37.6 Å².